The number of hydrogen-bond acceptors (Lipinski definition) is 6. The lowest BCUT2D eigenvalue weighted by atomic mass is 9.79. The molecular weight excluding hydrogens is 433 g/mol. The molecular formula is C23H35F3N6O. The minimum absolute atomic E-state index is 0.0317. The highest BCUT2D eigenvalue weighted by Gasteiger charge is 2.70. The van der Waals surface area contributed by atoms with Crippen molar-refractivity contribution in [1.82, 2.24) is 14.9 Å². The first kappa shape index (κ1) is 24.0. The molecule has 1 amide bonds. The van der Waals surface area contributed by atoms with Crippen molar-refractivity contribution in [2.75, 3.05) is 49.5 Å². The van der Waals surface area contributed by atoms with Crippen LogP contribution in [0.3, 0.4) is 0 Å². The number of nitrogens with two attached hydrogens (primary N) is 1. The van der Waals surface area contributed by atoms with E-state index >= 15 is 4.39 Å². The van der Waals surface area contributed by atoms with E-state index in [1.54, 1.807) is 0 Å². The molecule has 0 atom stereocenters. The van der Waals surface area contributed by atoms with Crippen LogP contribution < -0.4 is 16.0 Å². The Morgan fingerprint density at radius 2 is 1.88 bits per heavy atom. The van der Waals surface area contributed by atoms with Gasteiger partial charge in [-0.05, 0) is 70.4 Å². The van der Waals surface area contributed by atoms with E-state index in [0.717, 1.165) is 38.8 Å². The van der Waals surface area contributed by atoms with Gasteiger partial charge in [-0.1, -0.05) is 0 Å². The van der Waals surface area contributed by atoms with Crippen LogP contribution in [0.15, 0.2) is 6.33 Å². The highest BCUT2D eigenvalue weighted by atomic mass is 19.3. The molecule has 0 bridgehead atoms. The van der Waals surface area contributed by atoms with Gasteiger partial charge in [0.05, 0.1) is 6.54 Å². The van der Waals surface area contributed by atoms with Gasteiger partial charge >= 0.3 is 0 Å². The van der Waals surface area contributed by atoms with Crippen molar-refractivity contribution in [3.8, 4) is 0 Å². The maximum atomic E-state index is 15.3. The van der Waals surface area contributed by atoms with Gasteiger partial charge in [-0.2, -0.15) is 4.39 Å². The number of aromatic nitrogens is 2. The molecule has 33 heavy (non-hydrogen) atoms. The number of anilines is 2. The lowest BCUT2D eigenvalue weighted by molar-refractivity contribution is -0.119. The second-order valence-corrected chi connectivity index (χ2v) is 10.1. The van der Waals surface area contributed by atoms with Crippen LogP contribution in [0.1, 0.15) is 51.9 Å². The number of alkyl halides is 2. The summed E-state index contributed by atoms with van der Waals surface area (Å²) in [5, 5.41) is 3.14. The number of carbonyl (C=O) groups excluding carboxylic acids is 1. The van der Waals surface area contributed by atoms with E-state index in [9.17, 15) is 13.6 Å². The normalized spacial score (nSPS) is 27.5. The number of piperidine rings is 1. The quantitative estimate of drug-likeness (QED) is 0.579. The highest BCUT2D eigenvalue weighted by molar-refractivity contribution is 5.75. The maximum absolute atomic E-state index is 15.3. The fourth-order valence-electron chi connectivity index (χ4n) is 5.53. The summed E-state index contributed by atoms with van der Waals surface area (Å²) in [6.07, 6.45) is 5.82. The molecule has 1 spiro atoms. The molecule has 10 heteroatoms. The van der Waals surface area contributed by atoms with E-state index in [2.05, 4.69) is 15.3 Å². The number of nitrogens with zero attached hydrogens (tertiary/aromatic N) is 4. The summed E-state index contributed by atoms with van der Waals surface area (Å²) in [4.78, 5) is 23.3. The molecule has 2 heterocycles. The number of hydrogen-bond donors (Lipinski definition) is 2. The molecule has 0 unspecified atom stereocenters. The van der Waals surface area contributed by atoms with Crippen molar-refractivity contribution in [2.24, 2.45) is 23.0 Å². The smallest absolute Gasteiger partial charge is 0.254 e. The number of primary amides is 1. The van der Waals surface area contributed by atoms with Gasteiger partial charge in [-0.25, -0.2) is 18.7 Å². The zero-order valence-electron chi connectivity index (χ0n) is 19.3. The van der Waals surface area contributed by atoms with Gasteiger partial charge in [0, 0.05) is 31.5 Å². The van der Waals surface area contributed by atoms with Gasteiger partial charge in [0.2, 0.25) is 11.7 Å². The number of nitrogens with one attached hydrogen (secondary N) is 1. The number of likely N-dealkylation sites (tertiary alicyclic amines) is 1. The SMILES string of the molecule is CCN(CC1CCC2(CC1)CC2(F)F)c1ncnc(NCC2CCN(CC(N)=O)CC2)c1F. The van der Waals surface area contributed by atoms with E-state index in [4.69, 9.17) is 5.73 Å². The van der Waals surface area contributed by atoms with Crippen LogP contribution >= 0.6 is 0 Å². The molecule has 2 saturated carbocycles. The third-order valence-corrected chi connectivity index (χ3v) is 7.85. The summed E-state index contributed by atoms with van der Waals surface area (Å²) in [5.41, 5.74) is 4.50. The summed E-state index contributed by atoms with van der Waals surface area (Å²) < 4.78 is 42.6. The average Bonchev–Trinajstić information content (AvgIpc) is 3.32. The average molecular weight is 469 g/mol. The van der Waals surface area contributed by atoms with Crippen LogP contribution in [0, 0.1) is 23.1 Å². The Balaban J connectivity index is 1.30. The Bertz CT molecular complexity index is 837. The van der Waals surface area contributed by atoms with E-state index in [-0.39, 0.29) is 36.4 Å². The largest absolute Gasteiger partial charge is 0.369 e. The van der Waals surface area contributed by atoms with E-state index < -0.39 is 17.2 Å². The number of carbonyl (C=O) groups is 1. The monoisotopic (exact) mass is 468 g/mol. The van der Waals surface area contributed by atoms with Gasteiger partial charge in [-0.3, -0.25) is 9.69 Å². The standard InChI is InChI=1S/C23H35F3N6O/c1-2-32(12-17-3-7-22(8-4-17)14-23(22,25)26)21-19(24)20(29-15-30-21)28-11-16-5-9-31(10-6-16)13-18(27)33/h15-17H,2-14H2,1H3,(H2,27,33)(H,28,29,30). The van der Waals surface area contributed by atoms with Crippen LogP contribution in [0.25, 0.3) is 0 Å². The molecule has 0 radical (unpaired) electrons. The van der Waals surface area contributed by atoms with Gasteiger partial charge < -0.3 is 16.0 Å². The molecule has 3 N–H and O–H groups in total. The molecule has 0 aromatic carbocycles. The minimum Gasteiger partial charge on any atom is -0.369 e. The maximum Gasteiger partial charge on any atom is 0.254 e. The second kappa shape index (κ2) is 9.64. The van der Waals surface area contributed by atoms with Crippen molar-refractivity contribution < 1.29 is 18.0 Å². The fraction of sp³-hybridized carbons (Fsp3) is 0.783. The first-order valence-electron chi connectivity index (χ1n) is 12.1. The lowest BCUT2D eigenvalue weighted by Crippen LogP contribution is -2.40. The van der Waals surface area contributed by atoms with Crippen LogP contribution in [-0.4, -0.2) is 66.0 Å². The number of halogens is 3. The number of rotatable bonds is 9. The van der Waals surface area contributed by atoms with Crippen molar-refractivity contribution in [2.45, 2.75) is 57.8 Å². The van der Waals surface area contributed by atoms with Crippen molar-refractivity contribution in [3.63, 3.8) is 0 Å². The van der Waals surface area contributed by atoms with Crippen molar-refractivity contribution in [3.05, 3.63) is 12.1 Å². The molecule has 4 rings (SSSR count). The predicted octanol–water partition coefficient (Wildman–Crippen LogP) is 3.27. The lowest BCUT2D eigenvalue weighted by Gasteiger charge is -2.33. The molecule has 2 aliphatic carbocycles. The van der Waals surface area contributed by atoms with Gasteiger partial charge in [0.1, 0.15) is 6.33 Å². The Kier molecular flexibility index (Phi) is 7.02. The van der Waals surface area contributed by atoms with Gasteiger partial charge in [0.15, 0.2) is 11.6 Å². The molecule has 3 aliphatic rings. The summed E-state index contributed by atoms with van der Waals surface area (Å²) in [6, 6.07) is 0. The Morgan fingerprint density at radius 3 is 2.45 bits per heavy atom. The first-order chi connectivity index (χ1) is 15.7. The van der Waals surface area contributed by atoms with E-state index in [1.807, 2.05) is 16.7 Å². The molecule has 3 fully saturated rings. The highest BCUT2D eigenvalue weighted by Crippen LogP contribution is 2.67. The van der Waals surface area contributed by atoms with E-state index in [1.165, 1.54) is 6.33 Å². The van der Waals surface area contributed by atoms with Crippen LogP contribution in [0.5, 0.6) is 0 Å². The van der Waals surface area contributed by atoms with Crippen LogP contribution in [0.4, 0.5) is 24.8 Å². The zero-order chi connectivity index (χ0) is 23.6. The third kappa shape index (κ3) is 5.36. The summed E-state index contributed by atoms with van der Waals surface area (Å²) in [7, 11) is 0. The molecule has 1 aromatic heterocycles. The van der Waals surface area contributed by atoms with Crippen molar-refractivity contribution >= 4 is 17.5 Å². The summed E-state index contributed by atoms with van der Waals surface area (Å²) in [5.74, 6) is -2.18. The van der Waals surface area contributed by atoms with E-state index in [0.29, 0.717) is 38.4 Å². The summed E-state index contributed by atoms with van der Waals surface area (Å²) >= 11 is 0. The zero-order valence-corrected chi connectivity index (χ0v) is 19.3. The molecule has 184 valence electrons. The predicted molar refractivity (Wildman–Crippen MR) is 121 cm³/mol. The van der Waals surface area contributed by atoms with Crippen LogP contribution in [-0.2, 0) is 4.79 Å². The second-order valence-electron chi connectivity index (χ2n) is 10.1. The van der Waals surface area contributed by atoms with Gasteiger partial charge in [0.25, 0.3) is 5.92 Å². The molecule has 1 saturated heterocycles. The van der Waals surface area contributed by atoms with Crippen LogP contribution in [0.2, 0.25) is 0 Å². The summed E-state index contributed by atoms with van der Waals surface area (Å²) in [6.45, 7) is 5.63. The Hall–Kier alpha value is -2.10. The Labute approximate surface area is 193 Å². The van der Waals surface area contributed by atoms with Gasteiger partial charge in [-0.15, -0.1) is 0 Å². The third-order valence-electron chi connectivity index (χ3n) is 7.85. The fourth-order valence-corrected chi connectivity index (χ4v) is 5.53. The first-order valence-corrected chi connectivity index (χ1v) is 12.1. The molecule has 1 aromatic rings. The molecule has 7 nitrogen and oxygen atoms in total. The topological polar surface area (TPSA) is 87.4 Å². The van der Waals surface area contributed by atoms with Crippen molar-refractivity contribution in [1.29, 1.82) is 0 Å². The minimum atomic E-state index is -2.49. The molecule has 1 aliphatic heterocycles. The Morgan fingerprint density at radius 1 is 1.21 bits per heavy atom. The number of amides is 1.